The van der Waals surface area contributed by atoms with Crippen molar-refractivity contribution >= 4 is 28.9 Å². The number of hydrogen-bond acceptors (Lipinski definition) is 5. The number of imidazole rings is 1. The lowest BCUT2D eigenvalue weighted by atomic mass is 9.99. The van der Waals surface area contributed by atoms with Crippen molar-refractivity contribution in [3.05, 3.63) is 71.1 Å². The minimum atomic E-state index is 0.424. The molecule has 4 heterocycles. The smallest absolute Gasteiger partial charge is 0.227 e. The molecular weight excluding hydrogens is 372 g/mol. The summed E-state index contributed by atoms with van der Waals surface area (Å²) < 4.78 is 1.93. The van der Waals surface area contributed by atoms with Gasteiger partial charge in [0.25, 0.3) is 0 Å². The number of pyridine rings is 1. The molecule has 6 nitrogen and oxygen atoms in total. The Bertz CT molecular complexity index is 1170. The Morgan fingerprint density at radius 1 is 1.07 bits per heavy atom. The van der Waals surface area contributed by atoms with Crippen LogP contribution in [0.5, 0.6) is 0 Å². The molecule has 1 aliphatic heterocycles. The lowest BCUT2D eigenvalue weighted by molar-refractivity contribution is 0.313. The third-order valence-electron chi connectivity index (χ3n) is 5.05. The Hall–Kier alpha value is -2.96. The van der Waals surface area contributed by atoms with Crippen LogP contribution in [0.2, 0.25) is 5.15 Å². The van der Waals surface area contributed by atoms with Crippen LogP contribution >= 0.6 is 11.6 Å². The molecule has 0 amide bonds. The van der Waals surface area contributed by atoms with Crippen LogP contribution in [0.4, 0.5) is 11.6 Å². The van der Waals surface area contributed by atoms with E-state index in [1.54, 1.807) is 6.20 Å². The zero-order valence-corrected chi connectivity index (χ0v) is 16.2. The van der Waals surface area contributed by atoms with Crippen molar-refractivity contribution in [3.8, 4) is 11.4 Å². The molecule has 4 aromatic rings. The SMILES string of the molecule is CN1CCc2ccc(Nc3nccc(-c4c(Cl)nc5ccccn45)n3)cc2C1. The van der Waals surface area contributed by atoms with Crippen molar-refractivity contribution in [1.82, 2.24) is 24.3 Å². The second-order valence-electron chi connectivity index (χ2n) is 7.04. The van der Waals surface area contributed by atoms with Gasteiger partial charge in [0.2, 0.25) is 5.95 Å². The van der Waals surface area contributed by atoms with E-state index in [-0.39, 0.29) is 0 Å². The number of anilines is 2. The summed E-state index contributed by atoms with van der Waals surface area (Å²) in [6.45, 7) is 2.06. The molecule has 0 radical (unpaired) electrons. The van der Waals surface area contributed by atoms with Gasteiger partial charge in [-0.2, -0.15) is 0 Å². The van der Waals surface area contributed by atoms with Crippen LogP contribution in [0, 0.1) is 0 Å². The maximum atomic E-state index is 6.39. The summed E-state index contributed by atoms with van der Waals surface area (Å²) >= 11 is 6.39. The second kappa shape index (κ2) is 6.89. The molecule has 0 unspecified atom stereocenters. The van der Waals surface area contributed by atoms with Crippen molar-refractivity contribution < 1.29 is 0 Å². The van der Waals surface area contributed by atoms with Gasteiger partial charge >= 0.3 is 0 Å². The predicted octanol–water partition coefficient (Wildman–Crippen LogP) is 4.18. The molecule has 1 N–H and O–H groups in total. The van der Waals surface area contributed by atoms with Gasteiger partial charge < -0.3 is 10.2 Å². The first-order chi connectivity index (χ1) is 13.7. The van der Waals surface area contributed by atoms with Crippen molar-refractivity contribution in [1.29, 1.82) is 0 Å². The van der Waals surface area contributed by atoms with E-state index in [0.29, 0.717) is 11.1 Å². The van der Waals surface area contributed by atoms with E-state index >= 15 is 0 Å². The van der Waals surface area contributed by atoms with Gasteiger partial charge in [-0.1, -0.05) is 23.7 Å². The molecule has 0 saturated heterocycles. The minimum Gasteiger partial charge on any atom is -0.324 e. The molecule has 1 aromatic carbocycles. The molecule has 0 fully saturated rings. The molecule has 0 bridgehead atoms. The van der Waals surface area contributed by atoms with Gasteiger partial charge in [0.1, 0.15) is 11.3 Å². The minimum absolute atomic E-state index is 0.424. The Morgan fingerprint density at radius 3 is 2.93 bits per heavy atom. The fourth-order valence-corrected chi connectivity index (χ4v) is 3.93. The highest BCUT2D eigenvalue weighted by Crippen LogP contribution is 2.28. The number of benzene rings is 1. The molecule has 0 spiro atoms. The fraction of sp³-hybridized carbons (Fsp3) is 0.190. The number of halogens is 1. The van der Waals surface area contributed by atoms with E-state index in [9.17, 15) is 0 Å². The molecule has 0 aliphatic carbocycles. The van der Waals surface area contributed by atoms with Crippen LogP contribution < -0.4 is 5.32 Å². The largest absolute Gasteiger partial charge is 0.324 e. The highest BCUT2D eigenvalue weighted by atomic mass is 35.5. The van der Waals surface area contributed by atoms with E-state index in [4.69, 9.17) is 11.6 Å². The molecule has 7 heteroatoms. The molecular formula is C21H19ClN6. The predicted molar refractivity (Wildman–Crippen MR) is 111 cm³/mol. The second-order valence-corrected chi connectivity index (χ2v) is 7.40. The third kappa shape index (κ3) is 3.10. The van der Waals surface area contributed by atoms with Crippen LogP contribution in [0.1, 0.15) is 11.1 Å². The van der Waals surface area contributed by atoms with E-state index in [1.165, 1.54) is 11.1 Å². The van der Waals surface area contributed by atoms with Crippen LogP contribution in [0.15, 0.2) is 54.9 Å². The Labute approximate surface area is 167 Å². The first-order valence-electron chi connectivity index (χ1n) is 9.21. The molecule has 5 rings (SSSR count). The van der Waals surface area contributed by atoms with E-state index in [0.717, 1.165) is 42.2 Å². The zero-order valence-electron chi connectivity index (χ0n) is 15.4. The summed E-state index contributed by atoms with van der Waals surface area (Å²) in [6.07, 6.45) is 4.75. The number of hydrogen-bond donors (Lipinski definition) is 1. The van der Waals surface area contributed by atoms with Crippen molar-refractivity contribution in [2.24, 2.45) is 0 Å². The highest BCUT2D eigenvalue weighted by Gasteiger charge is 2.16. The van der Waals surface area contributed by atoms with Gasteiger partial charge in [-0.15, -0.1) is 0 Å². The number of nitrogens with zero attached hydrogens (tertiary/aromatic N) is 5. The van der Waals surface area contributed by atoms with Crippen LogP contribution in [0.25, 0.3) is 17.0 Å². The normalized spacial score (nSPS) is 14.2. The van der Waals surface area contributed by atoms with Gasteiger partial charge in [-0.25, -0.2) is 15.0 Å². The summed E-state index contributed by atoms with van der Waals surface area (Å²) in [5, 5.41) is 3.75. The molecule has 140 valence electrons. The molecule has 28 heavy (non-hydrogen) atoms. The Balaban J connectivity index is 1.48. The fourth-order valence-electron chi connectivity index (χ4n) is 3.65. The van der Waals surface area contributed by atoms with E-state index < -0.39 is 0 Å². The number of aromatic nitrogens is 4. The average molecular weight is 391 g/mol. The lowest BCUT2D eigenvalue weighted by Crippen LogP contribution is -2.26. The third-order valence-corrected chi connectivity index (χ3v) is 5.31. The molecule has 0 atom stereocenters. The van der Waals surface area contributed by atoms with Gasteiger partial charge in [-0.3, -0.25) is 4.40 Å². The van der Waals surface area contributed by atoms with Crippen molar-refractivity contribution in [3.63, 3.8) is 0 Å². The Kier molecular flexibility index (Phi) is 4.22. The quantitative estimate of drug-likeness (QED) is 0.568. The number of nitrogens with one attached hydrogen (secondary N) is 1. The summed E-state index contributed by atoms with van der Waals surface area (Å²) in [7, 11) is 2.15. The summed E-state index contributed by atoms with van der Waals surface area (Å²) in [6, 6.07) is 14.1. The first kappa shape index (κ1) is 17.2. The monoisotopic (exact) mass is 390 g/mol. The maximum Gasteiger partial charge on any atom is 0.227 e. The number of rotatable bonds is 3. The van der Waals surface area contributed by atoms with Crippen molar-refractivity contribution in [2.45, 2.75) is 13.0 Å². The van der Waals surface area contributed by atoms with Crippen LogP contribution in [-0.2, 0) is 13.0 Å². The Morgan fingerprint density at radius 2 is 2.00 bits per heavy atom. The van der Waals surface area contributed by atoms with Crippen LogP contribution in [-0.4, -0.2) is 37.8 Å². The molecule has 0 saturated carbocycles. The maximum absolute atomic E-state index is 6.39. The standard InChI is InChI=1S/C21H19ClN6/c1-27-11-8-14-5-6-16(12-15(14)13-27)24-21-23-9-7-17(25-21)19-20(22)26-18-4-2-3-10-28(18)19/h2-7,9-10,12H,8,11,13H2,1H3,(H,23,24,25). The van der Waals surface area contributed by atoms with E-state index in [2.05, 4.69) is 50.4 Å². The van der Waals surface area contributed by atoms with Crippen LogP contribution in [0.3, 0.4) is 0 Å². The number of fused-ring (bicyclic) bond motifs is 2. The topological polar surface area (TPSA) is 58.3 Å². The highest BCUT2D eigenvalue weighted by molar-refractivity contribution is 6.32. The molecule has 1 aliphatic rings. The summed E-state index contributed by atoms with van der Waals surface area (Å²) in [5.74, 6) is 0.531. The lowest BCUT2D eigenvalue weighted by Gasteiger charge is -2.25. The zero-order chi connectivity index (χ0) is 19.1. The van der Waals surface area contributed by atoms with E-state index in [1.807, 2.05) is 34.9 Å². The first-order valence-corrected chi connectivity index (χ1v) is 9.58. The summed E-state index contributed by atoms with van der Waals surface area (Å²) in [5.41, 5.74) is 6.01. The van der Waals surface area contributed by atoms with Gasteiger partial charge in [0, 0.05) is 31.2 Å². The number of likely N-dealkylation sites (N-methyl/N-ethyl adjacent to an activating group) is 1. The van der Waals surface area contributed by atoms with Gasteiger partial charge in [0.15, 0.2) is 5.15 Å². The summed E-state index contributed by atoms with van der Waals surface area (Å²) in [4.78, 5) is 15.8. The van der Waals surface area contributed by atoms with Gasteiger partial charge in [0.05, 0.1) is 5.69 Å². The molecule has 3 aromatic heterocycles. The van der Waals surface area contributed by atoms with Gasteiger partial charge in [-0.05, 0) is 54.9 Å². The average Bonchev–Trinajstić information content (AvgIpc) is 3.03. The van der Waals surface area contributed by atoms with Crippen molar-refractivity contribution in [2.75, 3.05) is 18.9 Å².